The molecule has 3 aromatic rings. The van der Waals surface area contributed by atoms with Gasteiger partial charge in [-0.2, -0.15) is 0 Å². The lowest BCUT2D eigenvalue weighted by atomic mass is 9.93. The second kappa shape index (κ2) is 7.82. The van der Waals surface area contributed by atoms with E-state index >= 15 is 0 Å². The van der Waals surface area contributed by atoms with Crippen molar-refractivity contribution in [3.8, 4) is 17.2 Å². The highest BCUT2D eigenvalue weighted by atomic mass is 16.5. The van der Waals surface area contributed by atoms with Gasteiger partial charge in [-0.05, 0) is 42.3 Å². The molecule has 3 aromatic carbocycles. The van der Waals surface area contributed by atoms with E-state index in [-0.39, 0.29) is 0 Å². The Balaban J connectivity index is 1.53. The number of hydrogen-bond donors (Lipinski definition) is 0. The van der Waals surface area contributed by atoms with Crippen LogP contribution >= 0.6 is 0 Å². The first-order valence-electron chi connectivity index (χ1n) is 10.4. The topological polar surface area (TPSA) is 34.2 Å². The molecular weight excluding hydrogens is 376 g/mol. The van der Waals surface area contributed by atoms with E-state index in [1.54, 1.807) is 14.2 Å². The Labute approximate surface area is 177 Å². The van der Waals surface area contributed by atoms with Crippen molar-refractivity contribution in [3.05, 3.63) is 72.3 Å². The van der Waals surface area contributed by atoms with Gasteiger partial charge in [-0.3, -0.25) is 0 Å². The zero-order chi connectivity index (χ0) is 20.5. The molecule has 2 heterocycles. The molecule has 0 bridgehead atoms. The van der Waals surface area contributed by atoms with Gasteiger partial charge in [0.25, 0.3) is 0 Å². The van der Waals surface area contributed by atoms with E-state index in [1.165, 1.54) is 16.9 Å². The minimum absolute atomic E-state index is 0.322. The van der Waals surface area contributed by atoms with Crippen LogP contribution in [-0.2, 0) is 0 Å². The molecule has 2 aliphatic rings. The van der Waals surface area contributed by atoms with Crippen molar-refractivity contribution in [2.75, 3.05) is 43.7 Å². The Morgan fingerprint density at radius 3 is 2.43 bits per heavy atom. The van der Waals surface area contributed by atoms with E-state index in [1.807, 2.05) is 12.1 Å². The summed E-state index contributed by atoms with van der Waals surface area (Å²) >= 11 is 0. The molecular formula is C25H26N2O3. The van der Waals surface area contributed by atoms with Crippen LogP contribution < -0.4 is 24.0 Å². The zero-order valence-corrected chi connectivity index (χ0v) is 17.4. The van der Waals surface area contributed by atoms with Crippen molar-refractivity contribution < 1.29 is 14.2 Å². The fourth-order valence-electron chi connectivity index (χ4n) is 4.64. The quantitative estimate of drug-likeness (QED) is 0.600. The molecule has 0 N–H and O–H groups in total. The monoisotopic (exact) mass is 402 g/mol. The van der Waals surface area contributed by atoms with Gasteiger partial charge in [0.1, 0.15) is 12.4 Å². The molecule has 0 saturated carbocycles. The van der Waals surface area contributed by atoms with Crippen molar-refractivity contribution in [3.63, 3.8) is 0 Å². The van der Waals surface area contributed by atoms with Crippen LogP contribution in [0.1, 0.15) is 18.0 Å². The normalized spacial score (nSPS) is 17.6. The maximum atomic E-state index is 5.89. The Morgan fingerprint density at radius 1 is 0.833 bits per heavy atom. The van der Waals surface area contributed by atoms with Crippen LogP contribution in [0.5, 0.6) is 17.2 Å². The number of nitrogens with zero attached hydrogens (tertiary/aromatic N) is 2. The SMILES string of the molecule is COc1ccc(N2CCC(N3CCOc4ccccc43)c3ccccc32)cc1OC. The largest absolute Gasteiger partial charge is 0.493 e. The van der Waals surface area contributed by atoms with E-state index in [2.05, 4.69) is 64.4 Å². The summed E-state index contributed by atoms with van der Waals surface area (Å²) in [5, 5.41) is 0. The Bertz CT molecular complexity index is 1050. The summed E-state index contributed by atoms with van der Waals surface area (Å²) in [6.07, 6.45) is 1.03. The second-order valence-electron chi connectivity index (χ2n) is 7.56. The number of ether oxygens (including phenoxy) is 3. The van der Waals surface area contributed by atoms with Crippen LogP contribution in [0.2, 0.25) is 0 Å². The number of methoxy groups -OCH3 is 2. The molecule has 0 aromatic heterocycles. The molecule has 0 spiro atoms. The lowest BCUT2D eigenvalue weighted by Gasteiger charge is -2.43. The molecule has 0 aliphatic carbocycles. The van der Waals surface area contributed by atoms with E-state index in [4.69, 9.17) is 14.2 Å². The molecule has 30 heavy (non-hydrogen) atoms. The molecule has 0 saturated heterocycles. The van der Waals surface area contributed by atoms with Gasteiger partial charge in [-0.25, -0.2) is 0 Å². The predicted molar refractivity (Wildman–Crippen MR) is 120 cm³/mol. The van der Waals surface area contributed by atoms with Crippen LogP contribution in [0.4, 0.5) is 17.1 Å². The molecule has 5 rings (SSSR count). The number of benzene rings is 3. The van der Waals surface area contributed by atoms with E-state index in [0.29, 0.717) is 6.04 Å². The zero-order valence-electron chi connectivity index (χ0n) is 17.4. The van der Waals surface area contributed by atoms with Crippen molar-refractivity contribution in [1.29, 1.82) is 0 Å². The lowest BCUT2D eigenvalue weighted by Crippen LogP contribution is -2.40. The fraction of sp³-hybridized carbons (Fsp3) is 0.280. The van der Waals surface area contributed by atoms with Crippen molar-refractivity contribution in [1.82, 2.24) is 0 Å². The van der Waals surface area contributed by atoms with E-state index < -0.39 is 0 Å². The highest BCUT2D eigenvalue weighted by Crippen LogP contribution is 2.46. The van der Waals surface area contributed by atoms with E-state index in [9.17, 15) is 0 Å². The van der Waals surface area contributed by atoms with Crippen molar-refractivity contribution in [2.45, 2.75) is 12.5 Å². The molecule has 0 fully saturated rings. The van der Waals surface area contributed by atoms with Crippen LogP contribution in [0, 0.1) is 0 Å². The maximum Gasteiger partial charge on any atom is 0.162 e. The molecule has 5 heteroatoms. The molecule has 5 nitrogen and oxygen atoms in total. The third-order valence-electron chi connectivity index (χ3n) is 6.03. The molecule has 1 unspecified atom stereocenters. The van der Waals surface area contributed by atoms with Gasteiger partial charge >= 0.3 is 0 Å². The van der Waals surface area contributed by atoms with Gasteiger partial charge in [0.2, 0.25) is 0 Å². The summed E-state index contributed by atoms with van der Waals surface area (Å²) in [5.74, 6) is 2.47. The predicted octanol–water partition coefficient (Wildman–Crippen LogP) is 5.19. The average Bonchev–Trinajstić information content (AvgIpc) is 2.82. The smallest absolute Gasteiger partial charge is 0.162 e. The third-order valence-corrected chi connectivity index (χ3v) is 6.03. The average molecular weight is 402 g/mol. The van der Waals surface area contributed by atoms with Gasteiger partial charge < -0.3 is 24.0 Å². The van der Waals surface area contributed by atoms with Crippen LogP contribution in [0.15, 0.2) is 66.7 Å². The first kappa shape index (κ1) is 18.7. The highest BCUT2D eigenvalue weighted by Gasteiger charge is 2.32. The molecule has 0 radical (unpaired) electrons. The van der Waals surface area contributed by atoms with Crippen molar-refractivity contribution in [2.24, 2.45) is 0 Å². The standard InChI is InChI=1S/C25H26N2O3/c1-28-24-12-11-18(17-25(24)29-2)26-14-13-21(19-7-3-4-8-20(19)26)27-15-16-30-23-10-6-5-9-22(23)27/h3-12,17,21H,13-16H2,1-2H3. The van der Waals surface area contributed by atoms with Crippen LogP contribution in [0.25, 0.3) is 0 Å². The van der Waals surface area contributed by atoms with Gasteiger partial charge in [-0.1, -0.05) is 30.3 Å². The highest BCUT2D eigenvalue weighted by molar-refractivity contribution is 5.72. The lowest BCUT2D eigenvalue weighted by molar-refractivity contribution is 0.298. The van der Waals surface area contributed by atoms with Gasteiger partial charge in [0, 0.05) is 24.0 Å². The summed E-state index contributed by atoms with van der Waals surface area (Å²) in [6.45, 7) is 2.54. The Kier molecular flexibility index (Phi) is 4.87. The maximum absolute atomic E-state index is 5.89. The minimum atomic E-state index is 0.322. The van der Waals surface area contributed by atoms with Crippen LogP contribution in [0.3, 0.4) is 0 Å². The van der Waals surface area contributed by atoms with E-state index in [0.717, 1.165) is 49.1 Å². The molecule has 2 aliphatic heterocycles. The van der Waals surface area contributed by atoms with Crippen LogP contribution in [-0.4, -0.2) is 33.9 Å². The summed E-state index contributed by atoms with van der Waals surface area (Å²) in [7, 11) is 3.34. The van der Waals surface area contributed by atoms with Gasteiger partial charge in [-0.15, -0.1) is 0 Å². The molecule has 154 valence electrons. The minimum Gasteiger partial charge on any atom is -0.493 e. The van der Waals surface area contributed by atoms with Gasteiger partial charge in [0.05, 0.1) is 32.5 Å². The second-order valence-corrected chi connectivity index (χ2v) is 7.56. The Morgan fingerprint density at radius 2 is 1.60 bits per heavy atom. The third kappa shape index (κ3) is 3.11. The number of fused-ring (bicyclic) bond motifs is 2. The van der Waals surface area contributed by atoms with Gasteiger partial charge in [0.15, 0.2) is 11.5 Å². The summed E-state index contributed by atoms with van der Waals surface area (Å²) < 4.78 is 16.8. The number of hydrogen-bond acceptors (Lipinski definition) is 5. The van der Waals surface area contributed by atoms with Crippen molar-refractivity contribution >= 4 is 17.1 Å². The first-order chi connectivity index (χ1) is 14.8. The Hall–Kier alpha value is -3.34. The number of anilines is 3. The summed E-state index contributed by atoms with van der Waals surface area (Å²) in [5.41, 5.74) is 4.88. The number of rotatable bonds is 4. The molecule has 1 atom stereocenters. The molecule has 0 amide bonds. The fourth-order valence-corrected chi connectivity index (χ4v) is 4.64. The first-order valence-corrected chi connectivity index (χ1v) is 10.4. The summed E-state index contributed by atoms with van der Waals surface area (Å²) in [4.78, 5) is 4.88. The summed E-state index contributed by atoms with van der Waals surface area (Å²) in [6, 6.07) is 23.5. The number of para-hydroxylation sites is 3.